The van der Waals surface area contributed by atoms with Gasteiger partial charge in [-0.25, -0.2) is 0 Å². The molecule has 3 nitrogen and oxygen atoms in total. The molecule has 0 amide bonds. The van der Waals surface area contributed by atoms with Gasteiger partial charge in [0, 0.05) is 18.2 Å². The molecule has 3 unspecified atom stereocenters. The molecule has 3 heteroatoms. The van der Waals surface area contributed by atoms with E-state index in [9.17, 15) is 0 Å². The molecule has 0 aromatic carbocycles. The highest BCUT2D eigenvalue weighted by atomic mass is 15.3. The maximum absolute atomic E-state index is 4.55. The molecule has 3 atom stereocenters. The molecule has 3 rings (SSSR count). The zero-order valence-corrected chi connectivity index (χ0v) is 9.98. The molecule has 1 N–H and O–H groups in total. The molecule has 1 saturated heterocycles. The van der Waals surface area contributed by atoms with Crippen LogP contribution in [0.15, 0.2) is 18.3 Å². The Morgan fingerprint density at radius 2 is 2.38 bits per heavy atom. The number of aromatic nitrogens is 1. The first kappa shape index (κ1) is 10.1. The highest BCUT2D eigenvalue weighted by Gasteiger charge is 2.45. The number of likely N-dealkylation sites (tertiary alicyclic amines) is 1. The van der Waals surface area contributed by atoms with E-state index in [-0.39, 0.29) is 0 Å². The van der Waals surface area contributed by atoms with Crippen molar-refractivity contribution in [1.82, 2.24) is 9.88 Å². The average molecular weight is 217 g/mol. The molecule has 86 valence electrons. The number of hydrogen-bond acceptors (Lipinski definition) is 3. The first-order chi connectivity index (χ1) is 7.85. The monoisotopic (exact) mass is 217 g/mol. The highest BCUT2D eigenvalue weighted by molar-refractivity contribution is 5.56. The molecule has 0 saturated carbocycles. The summed E-state index contributed by atoms with van der Waals surface area (Å²) in [6.07, 6.45) is 4.90. The van der Waals surface area contributed by atoms with E-state index >= 15 is 0 Å². The zero-order valence-electron chi connectivity index (χ0n) is 9.98. The van der Waals surface area contributed by atoms with Crippen LogP contribution in [0.4, 0.5) is 5.69 Å². The fourth-order valence-electron chi connectivity index (χ4n) is 3.31. The molecule has 1 aromatic rings. The molecule has 2 aliphatic heterocycles. The van der Waals surface area contributed by atoms with Crippen molar-refractivity contribution < 1.29 is 0 Å². The maximum Gasteiger partial charge on any atom is 0.0882 e. The van der Waals surface area contributed by atoms with E-state index < -0.39 is 0 Å². The Kier molecular flexibility index (Phi) is 2.36. The minimum Gasteiger partial charge on any atom is -0.368 e. The van der Waals surface area contributed by atoms with Gasteiger partial charge in [-0.15, -0.1) is 0 Å². The van der Waals surface area contributed by atoms with E-state index in [1.165, 1.54) is 24.2 Å². The van der Waals surface area contributed by atoms with Crippen molar-refractivity contribution in [2.75, 3.05) is 11.9 Å². The summed E-state index contributed by atoms with van der Waals surface area (Å²) in [4.78, 5) is 7.14. The predicted molar refractivity (Wildman–Crippen MR) is 65.5 cm³/mol. The summed E-state index contributed by atoms with van der Waals surface area (Å²) in [6, 6.07) is 4.89. The molecule has 0 aliphatic carbocycles. The molecule has 2 aliphatic rings. The van der Waals surface area contributed by atoms with Gasteiger partial charge < -0.3 is 5.32 Å². The number of fused-ring (bicyclic) bond motifs is 3. The third-order valence-corrected chi connectivity index (χ3v) is 4.06. The van der Waals surface area contributed by atoms with Crippen molar-refractivity contribution >= 4 is 5.69 Å². The van der Waals surface area contributed by atoms with Gasteiger partial charge in [0.2, 0.25) is 0 Å². The molecule has 1 fully saturated rings. The van der Waals surface area contributed by atoms with Crippen LogP contribution in [0.25, 0.3) is 0 Å². The van der Waals surface area contributed by atoms with E-state index in [2.05, 4.69) is 35.1 Å². The zero-order chi connectivity index (χ0) is 11.1. The molecular formula is C13H19N3. The van der Waals surface area contributed by atoms with Crippen molar-refractivity contribution in [3.05, 3.63) is 24.0 Å². The van der Waals surface area contributed by atoms with Crippen LogP contribution >= 0.6 is 0 Å². The number of likely N-dealkylation sites (N-methyl/N-ethyl adjacent to an activating group) is 1. The van der Waals surface area contributed by atoms with Crippen molar-refractivity contribution in [3.63, 3.8) is 0 Å². The van der Waals surface area contributed by atoms with Crippen molar-refractivity contribution in [1.29, 1.82) is 0 Å². The Bertz CT molecular complexity index is 391. The lowest BCUT2D eigenvalue weighted by Crippen LogP contribution is -2.39. The second-order valence-electron chi connectivity index (χ2n) is 4.76. The minimum absolute atomic E-state index is 0.486. The lowest BCUT2D eigenvalue weighted by atomic mass is 10.0. The summed E-state index contributed by atoms with van der Waals surface area (Å²) in [5, 5.41) is 3.63. The molecular weight excluding hydrogens is 198 g/mol. The van der Waals surface area contributed by atoms with Gasteiger partial charge in [-0.1, -0.05) is 13.8 Å². The molecule has 1 aromatic heterocycles. The lowest BCUT2D eigenvalue weighted by Gasteiger charge is -2.27. The Morgan fingerprint density at radius 1 is 1.50 bits per heavy atom. The van der Waals surface area contributed by atoms with Crippen LogP contribution in [0, 0.1) is 0 Å². The van der Waals surface area contributed by atoms with Gasteiger partial charge >= 0.3 is 0 Å². The van der Waals surface area contributed by atoms with Crippen molar-refractivity contribution in [2.45, 2.75) is 44.8 Å². The van der Waals surface area contributed by atoms with Gasteiger partial charge in [-0.3, -0.25) is 9.88 Å². The number of nitrogens with one attached hydrogen (secondary N) is 1. The Morgan fingerprint density at radius 3 is 3.12 bits per heavy atom. The fraction of sp³-hybridized carbons (Fsp3) is 0.615. The number of anilines is 1. The van der Waals surface area contributed by atoms with Crippen LogP contribution in [0.2, 0.25) is 0 Å². The molecule has 0 bridgehead atoms. The quantitative estimate of drug-likeness (QED) is 0.824. The van der Waals surface area contributed by atoms with Crippen LogP contribution in [0.1, 0.15) is 38.3 Å². The van der Waals surface area contributed by atoms with Gasteiger partial charge in [0.15, 0.2) is 0 Å². The minimum atomic E-state index is 0.486. The summed E-state index contributed by atoms with van der Waals surface area (Å²) in [5.74, 6) is 0.598. The Balaban J connectivity index is 1.94. The molecule has 16 heavy (non-hydrogen) atoms. The number of hydrogen-bond donors (Lipinski definition) is 1. The van der Waals surface area contributed by atoms with Crippen LogP contribution < -0.4 is 5.32 Å². The van der Waals surface area contributed by atoms with Gasteiger partial charge in [0.25, 0.3) is 0 Å². The first-order valence-corrected chi connectivity index (χ1v) is 6.32. The van der Waals surface area contributed by atoms with E-state index in [1.807, 2.05) is 12.3 Å². The van der Waals surface area contributed by atoms with Crippen molar-refractivity contribution in [3.8, 4) is 0 Å². The normalized spacial score (nSPS) is 32.2. The summed E-state index contributed by atoms with van der Waals surface area (Å²) in [7, 11) is 0. The van der Waals surface area contributed by atoms with Crippen LogP contribution in [-0.4, -0.2) is 28.6 Å². The molecule has 0 spiro atoms. The van der Waals surface area contributed by atoms with Gasteiger partial charge in [-0.2, -0.15) is 0 Å². The first-order valence-electron chi connectivity index (χ1n) is 6.32. The largest absolute Gasteiger partial charge is 0.368 e. The average Bonchev–Trinajstić information content (AvgIpc) is 2.83. The van der Waals surface area contributed by atoms with Gasteiger partial charge in [0.1, 0.15) is 0 Å². The van der Waals surface area contributed by atoms with Gasteiger partial charge in [-0.05, 0) is 31.5 Å². The standard InChI is InChI=1S/C13H19N3/c1-3-9-8-10-12-11(6-5-7-14-12)15-13(10)16(9)4-2/h5-7,9-10,13,15H,3-4,8H2,1-2H3. The van der Waals surface area contributed by atoms with Crippen LogP contribution in [0.5, 0.6) is 0 Å². The number of pyridine rings is 1. The SMILES string of the molecule is CCC1CC2c3ncccc3NC2N1CC. The van der Waals surface area contributed by atoms with Crippen LogP contribution in [-0.2, 0) is 0 Å². The third-order valence-electron chi connectivity index (χ3n) is 4.06. The number of rotatable bonds is 2. The smallest absolute Gasteiger partial charge is 0.0882 e. The van der Waals surface area contributed by atoms with Crippen LogP contribution in [0.3, 0.4) is 0 Å². The summed E-state index contributed by atoms with van der Waals surface area (Å²) >= 11 is 0. The Hall–Kier alpha value is -1.09. The molecule has 3 heterocycles. The van der Waals surface area contributed by atoms with E-state index in [4.69, 9.17) is 0 Å². The second-order valence-corrected chi connectivity index (χ2v) is 4.76. The van der Waals surface area contributed by atoms with E-state index in [0.717, 1.165) is 12.6 Å². The fourth-order valence-corrected chi connectivity index (χ4v) is 3.31. The Labute approximate surface area is 96.9 Å². The maximum atomic E-state index is 4.55. The third kappa shape index (κ3) is 1.27. The lowest BCUT2D eigenvalue weighted by molar-refractivity contribution is 0.214. The second kappa shape index (κ2) is 3.74. The topological polar surface area (TPSA) is 28.2 Å². The highest BCUT2D eigenvalue weighted by Crippen LogP contribution is 2.45. The molecule has 0 radical (unpaired) electrons. The summed E-state index contributed by atoms with van der Waals surface area (Å²) < 4.78 is 0. The predicted octanol–water partition coefficient (Wildman–Crippen LogP) is 2.42. The summed E-state index contributed by atoms with van der Waals surface area (Å²) in [5.41, 5.74) is 2.52. The number of nitrogens with zero attached hydrogens (tertiary/aromatic N) is 2. The van der Waals surface area contributed by atoms with Gasteiger partial charge in [0.05, 0.1) is 17.5 Å². The van der Waals surface area contributed by atoms with E-state index in [1.54, 1.807) is 0 Å². The summed E-state index contributed by atoms with van der Waals surface area (Å²) in [6.45, 7) is 5.66. The van der Waals surface area contributed by atoms with Crippen molar-refractivity contribution in [2.24, 2.45) is 0 Å². The van der Waals surface area contributed by atoms with E-state index in [0.29, 0.717) is 12.1 Å².